The SMILES string of the molecule is C=CCCOCCNc1nc(Cl)nc(OC(C)C)n1. The molecule has 0 aliphatic heterocycles. The van der Waals surface area contributed by atoms with Gasteiger partial charge in [-0.15, -0.1) is 6.58 Å². The Hall–Kier alpha value is -1.40. The van der Waals surface area contributed by atoms with Crippen LogP contribution >= 0.6 is 11.6 Å². The summed E-state index contributed by atoms with van der Waals surface area (Å²) in [4.78, 5) is 11.9. The number of hydrogen-bond donors (Lipinski definition) is 1. The second-order valence-corrected chi connectivity index (χ2v) is 4.33. The van der Waals surface area contributed by atoms with E-state index in [4.69, 9.17) is 21.1 Å². The van der Waals surface area contributed by atoms with Crippen LogP contribution in [0.5, 0.6) is 6.01 Å². The monoisotopic (exact) mass is 286 g/mol. The normalized spacial score (nSPS) is 10.5. The minimum atomic E-state index is -0.0199. The lowest BCUT2D eigenvalue weighted by Gasteiger charge is -2.09. The minimum absolute atomic E-state index is 0.0199. The minimum Gasteiger partial charge on any atom is -0.461 e. The van der Waals surface area contributed by atoms with E-state index in [2.05, 4.69) is 26.8 Å². The van der Waals surface area contributed by atoms with Gasteiger partial charge in [-0.2, -0.15) is 15.0 Å². The predicted octanol–water partition coefficient (Wildman–Crippen LogP) is 2.32. The van der Waals surface area contributed by atoms with Crippen LogP contribution in [0.2, 0.25) is 5.28 Å². The molecule has 6 nitrogen and oxygen atoms in total. The van der Waals surface area contributed by atoms with Crippen LogP contribution in [0.1, 0.15) is 20.3 Å². The van der Waals surface area contributed by atoms with Gasteiger partial charge in [-0.05, 0) is 31.9 Å². The lowest BCUT2D eigenvalue weighted by Crippen LogP contribution is -2.14. The van der Waals surface area contributed by atoms with E-state index in [0.717, 1.165) is 6.42 Å². The summed E-state index contributed by atoms with van der Waals surface area (Å²) in [7, 11) is 0. The smallest absolute Gasteiger partial charge is 0.322 e. The molecule has 7 heteroatoms. The summed E-state index contributed by atoms with van der Waals surface area (Å²) >= 11 is 5.79. The van der Waals surface area contributed by atoms with Crippen LogP contribution in [0.15, 0.2) is 12.7 Å². The average molecular weight is 287 g/mol. The van der Waals surface area contributed by atoms with Crippen molar-refractivity contribution >= 4 is 17.5 Å². The molecule has 0 aromatic carbocycles. The number of halogens is 1. The zero-order valence-electron chi connectivity index (χ0n) is 11.2. The standard InChI is InChI=1S/C12H19ClN4O2/c1-4-5-7-18-8-6-14-11-15-10(13)16-12(17-11)19-9(2)3/h4,9H,1,5-8H2,2-3H3,(H,14,15,16,17). The van der Waals surface area contributed by atoms with Gasteiger partial charge >= 0.3 is 6.01 Å². The second kappa shape index (κ2) is 8.66. The first-order valence-electron chi connectivity index (χ1n) is 6.12. The van der Waals surface area contributed by atoms with E-state index < -0.39 is 0 Å². The average Bonchev–Trinajstić information content (AvgIpc) is 2.32. The van der Waals surface area contributed by atoms with E-state index in [0.29, 0.717) is 25.7 Å². The van der Waals surface area contributed by atoms with Gasteiger partial charge in [0.15, 0.2) is 0 Å². The van der Waals surface area contributed by atoms with Gasteiger partial charge < -0.3 is 14.8 Å². The second-order valence-electron chi connectivity index (χ2n) is 3.99. The number of aromatic nitrogens is 3. The molecule has 0 radical (unpaired) electrons. The van der Waals surface area contributed by atoms with Gasteiger partial charge in [0.05, 0.1) is 19.3 Å². The molecular weight excluding hydrogens is 268 g/mol. The molecule has 0 atom stereocenters. The highest BCUT2D eigenvalue weighted by atomic mass is 35.5. The van der Waals surface area contributed by atoms with Crippen molar-refractivity contribution in [3.63, 3.8) is 0 Å². The van der Waals surface area contributed by atoms with Gasteiger partial charge in [0.2, 0.25) is 11.2 Å². The maximum atomic E-state index is 5.79. The Bertz CT molecular complexity index is 401. The van der Waals surface area contributed by atoms with E-state index in [1.165, 1.54) is 0 Å². The summed E-state index contributed by atoms with van der Waals surface area (Å²) in [6, 6.07) is 0.213. The highest BCUT2D eigenvalue weighted by Gasteiger charge is 2.07. The molecule has 1 aromatic rings. The first-order chi connectivity index (χ1) is 9.11. The zero-order chi connectivity index (χ0) is 14.1. The Kier molecular flexibility index (Phi) is 7.14. The fourth-order valence-corrected chi connectivity index (χ4v) is 1.33. The maximum absolute atomic E-state index is 5.79. The van der Waals surface area contributed by atoms with Crippen molar-refractivity contribution < 1.29 is 9.47 Å². The van der Waals surface area contributed by atoms with Crippen molar-refractivity contribution in [2.24, 2.45) is 0 Å². The summed E-state index contributed by atoms with van der Waals surface area (Å²) in [5.41, 5.74) is 0. The third-order valence-corrected chi connectivity index (χ3v) is 2.09. The Morgan fingerprint density at radius 1 is 1.32 bits per heavy atom. The summed E-state index contributed by atoms with van der Waals surface area (Å²) in [6.07, 6.45) is 2.63. The van der Waals surface area contributed by atoms with Crippen molar-refractivity contribution in [3.05, 3.63) is 17.9 Å². The van der Waals surface area contributed by atoms with Crippen molar-refractivity contribution in [2.45, 2.75) is 26.4 Å². The fourth-order valence-electron chi connectivity index (χ4n) is 1.18. The van der Waals surface area contributed by atoms with Gasteiger partial charge in [0, 0.05) is 6.54 Å². The van der Waals surface area contributed by atoms with Gasteiger partial charge in [-0.1, -0.05) is 6.08 Å². The molecule has 0 saturated heterocycles. The molecule has 19 heavy (non-hydrogen) atoms. The third-order valence-electron chi connectivity index (χ3n) is 1.92. The van der Waals surface area contributed by atoms with Crippen LogP contribution in [0, 0.1) is 0 Å². The molecule has 0 spiro atoms. The Labute approximate surface area is 118 Å². The molecule has 1 heterocycles. The lowest BCUT2D eigenvalue weighted by molar-refractivity contribution is 0.148. The molecule has 0 bridgehead atoms. The largest absolute Gasteiger partial charge is 0.461 e. The summed E-state index contributed by atoms with van der Waals surface area (Å²) in [6.45, 7) is 9.18. The van der Waals surface area contributed by atoms with Gasteiger partial charge in [-0.25, -0.2) is 0 Å². The number of ether oxygens (including phenoxy) is 2. The van der Waals surface area contributed by atoms with E-state index in [1.807, 2.05) is 19.9 Å². The molecule has 0 amide bonds. The van der Waals surface area contributed by atoms with E-state index >= 15 is 0 Å². The topological polar surface area (TPSA) is 69.2 Å². The third kappa shape index (κ3) is 6.93. The lowest BCUT2D eigenvalue weighted by atomic mass is 10.4. The van der Waals surface area contributed by atoms with Gasteiger partial charge in [-0.3, -0.25) is 0 Å². The number of anilines is 1. The molecule has 106 valence electrons. The fraction of sp³-hybridized carbons (Fsp3) is 0.583. The predicted molar refractivity (Wildman–Crippen MR) is 74.7 cm³/mol. The summed E-state index contributed by atoms with van der Waals surface area (Å²) in [5, 5.41) is 3.10. The molecule has 0 unspecified atom stereocenters. The van der Waals surface area contributed by atoms with Crippen molar-refractivity contribution in [1.29, 1.82) is 0 Å². The highest BCUT2D eigenvalue weighted by molar-refractivity contribution is 6.28. The quantitative estimate of drug-likeness (QED) is 0.555. The van der Waals surface area contributed by atoms with Crippen molar-refractivity contribution in [2.75, 3.05) is 25.1 Å². The van der Waals surface area contributed by atoms with E-state index in [1.54, 1.807) is 0 Å². The highest BCUT2D eigenvalue weighted by Crippen LogP contribution is 2.12. The Morgan fingerprint density at radius 3 is 2.79 bits per heavy atom. The van der Waals surface area contributed by atoms with Crippen LogP contribution in [0.4, 0.5) is 5.95 Å². The molecule has 0 aliphatic carbocycles. The first kappa shape index (κ1) is 15.7. The number of rotatable bonds is 9. The molecular formula is C12H19ClN4O2. The Balaban J connectivity index is 2.40. The molecule has 0 aliphatic rings. The Morgan fingerprint density at radius 2 is 2.11 bits per heavy atom. The maximum Gasteiger partial charge on any atom is 0.322 e. The van der Waals surface area contributed by atoms with Gasteiger partial charge in [0.1, 0.15) is 0 Å². The number of hydrogen-bond acceptors (Lipinski definition) is 6. The summed E-state index contributed by atoms with van der Waals surface area (Å²) in [5.74, 6) is 0.378. The van der Waals surface area contributed by atoms with Crippen molar-refractivity contribution in [3.8, 4) is 6.01 Å². The van der Waals surface area contributed by atoms with Crippen molar-refractivity contribution in [1.82, 2.24) is 15.0 Å². The number of nitrogens with zero attached hydrogens (tertiary/aromatic N) is 3. The van der Waals surface area contributed by atoms with Crippen LogP contribution in [0.3, 0.4) is 0 Å². The summed E-state index contributed by atoms with van der Waals surface area (Å²) < 4.78 is 10.7. The van der Waals surface area contributed by atoms with E-state index in [9.17, 15) is 0 Å². The number of nitrogens with one attached hydrogen (secondary N) is 1. The molecule has 0 saturated carbocycles. The van der Waals surface area contributed by atoms with E-state index in [-0.39, 0.29) is 17.4 Å². The van der Waals surface area contributed by atoms with Crippen LogP contribution in [-0.2, 0) is 4.74 Å². The van der Waals surface area contributed by atoms with Crippen LogP contribution in [-0.4, -0.2) is 40.8 Å². The van der Waals surface area contributed by atoms with Crippen LogP contribution < -0.4 is 10.1 Å². The molecule has 1 aromatic heterocycles. The molecule has 1 rings (SSSR count). The van der Waals surface area contributed by atoms with Gasteiger partial charge in [0.25, 0.3) is 0 Å². The molecule has 1 N–H and O–H groups in total. The zero-order valence-corrected chi connectivity index (χ0v) is 12.0. The molecule has 0 fully saturated rings. The first-order valence-corrected chi connectivity index (χ1v) is 6.50. The van der Waals surface area contributed by atoms with Crippen LogP contribution in [0.25, 0.3) is 0 Å².